The molecule has 0 aliphatic carbocycles. The highest BCUT2D eigenvalue weighted by Gasteiger charge is 2.54. The van der Waals surface area contributed by atoms with E-state index in [4.69, 9.17) is 19.5 Å². The number of ether oxygens (including phenoxy) is 3. The van der Waals surface area contributed by atoms with Gasteiger partial charge >= 0.3 is 0 Å². The van der Waals surface area contributed by atoms with Crippen molar-refractivity contribution in [2.75, 3.05) is 0 Å². The lowest BCUT2D eigenvalue weighted by molar-refractivity contribution is -0.208. The minimum Gasteiger partial charge on any atom is -0.386 e. The molecule has 13 heavy (non-hydrogen) atoms. The van der Waals surface area contributed by atoms with Gasteiger partial charge in [-0.25, -0.2) is 0 Å². The molecule has 0 radical (unpaired) electrons. The Labute approximate surface area is 75.8 Å². The Hall–Kier alpha value is -0.670. The lowest BCUT2D eigenvalue weighted by Crippen LogP contribution is -2.33. The first-order chi connectivity index (χ1) is 6.03. The van der Waals surface area contributed by atoms with Crippen LogP contribution in [0.15, 0.2) is 0 Å². The first kappa shape index (κ1) is 8.91. The molecule has 2 aliphatic heterocycles. The molecule has 2 saturated heterocycles. The number of nitrogens with zero attached hydrogens (tertiary/aromatic N) is 1. The molecule has 0 unspecified atom stereocenters. The zero-order valence-electron chi connectivity index (χ0n) is 7.43. The van der Waals surface area contributed by atoms with Crippen LogP contribution in [-0.4, -0.2) is 35.5 Å². The average Bonchev–Trinajstić information content (AvgIpc) is 2.47. The van der Waals surface area contributed by atoms with Crippen LogP contribution in [-0.2, 0) is 14.2 Å². The molecule has 0 bridgehead atoms. The highest BCUT2D eigenvalue weighted by molar-refractivity contribution is 5.02. The van der Waals surface area contributed by atoms with Crippen molar-refractivity contribution in [3.63, 3.8) is 0 Å². The third-order valence-corrected chi connectivity index (χ3v) is 2.14. The summed E-state index contributed by atoms with van der Waals surface area (Å²) in [6.45, 7) is 3.48. The van der Waals surface area contributed by atoms with Gasteiger partial charge in [0.05, 0.1) is 6.07 Å². The predicted octanol–water partition coefficient (Wildman–Crippen LogP) is -0.253. The SMILES string of the molecule is CC1(C)O[C@H]2O[C@H](C#N)[C@@H](O)[C@H]2O1. The van der Waals surface area contributed by atoms with Crippen LogP contribution in [0.4, 0.5) is 0 Å². The molecule has 5 nitrogen and oxygen atoms in total. The van der Waals surface area contributed by atoms with Gasteiger partial charge in [0.25, 0.3) is 0 Å². The molecule has 0 aromatic heterocycles. The van der Waals surface area contributed by atoms with Crippen LogP contribution in [0.2, 0.25) is 0 Å². The van der Waals surface area contributed by atoms with Crippen LogP contribution < -0.4 is 0 Å². The van der Waals surface area contributed by atoms with E-state index in [0.29, 0.717) is 0 Å². The molecule has 0 spiro atoms. The quantitative estimate of drug-likeness (QED) is 0.563. The van der Waals surface area contributed by atoms with Crippen LogP contribution in [0, 0.1) is 11.3 Å². The second kappa shape index (κ2) is 2.66. The summed E-state index contributed by atoms with van der Waals surface area (Å²) in [6.07, 6.45) is -2.92. The summed E-state index contributed by atoms with van der Waals surface area (Å²) in [7, 11) is 0. The normalized spacial score (nSPS) is 47.2. The van der Waals surface area contributed by atoms with Crippen LogP contribution in [0.1, 0.15) is 13.8 Å². The van der Waals surface area contributed by atoms with Crippen molar-refractivity contribution in [2.45, 2.75) is 44.2 Å². The molecule has 2 fully saturated rings. The minimum absolute atomic E-state index is 0.542. The monoisotopic (exact) mass is 185 g/mol. The van der Waals surface area contributed by atoms with Crippen LogP contribution in [0.5, 0.6) is 0 Å². The summed E-state index contributed by atoms with van der Waals surface area (Å²) in [5, 5.41) is 18.1. The van der Waals surface area contributed by atoms with E-state index in [-0.39, 0.29) is 0 Å². The summed E-state index contributed by atoms with van der Waals surface area (Å²) in [6, 6.07) is 1.84. The fourth-order valence-electron chi connectivity index (χ4n) is 1.60. The van der Waals surface area contributed by atoms with E-state index in [2.05, 4.69) is 0 Å². The fraction of sp³-hybridized carbons (Fsp3) is 0.875. The third kappa shape index (κ3) is 1.32. The van der Waals surface area contributed by atoms with Crippen molar-refractivity contribution in [3.05, 3.63) is 0 Å². The molecule has 0 saturated carbocycles. The third-order valence-electron chi connectivity index (χ3n) is 2.14. The van der Waals surface area contributed by atoms with E-state index >= 15 is 0 Å². The maximum atomic E-state index is 9.54. The summed E-state index contributed by atoms with van der Waals surface area (Å²) >= 11 is 0. The summed E-state index contributed by atoms with van der Waals surface area (Å²) in [5.74, 6) is -0.739. The topological polar surface area (TPSA) is 71.7 Å². The molecule has 72 valence electrons. The fourth-order valence-corrected chi connectivity index (χ4v) is 1.60. The molecule has 2 rings (SSSR count). The van der Waals surface area contributed by atoms with Gasteiger partial charge in [0.2, 0.25) is 0 Å². The van der Waals surface area contributed by atoms with Crippen molar-refractivity contribution in [1.29, 1.82) is 5.26 Å². The summed E-state index contributed by atoms with van der Waals surface area (Å²) in [4.78, 5) is 0. The number of rotatable bonds is 0. The molecule has 1 N–H and O–H groups in total. The van der Waals surface area contributed by atoms with Gasteiger partial charge in [-0.2, -0.15) is 5.26 Å². The second-order valence-corrected chi connectivity index (χ2v) is 3.64. The molecule has 2 aliphatic rings. The maximum absolute atomic E-state index is 9.54. The largest absolute Gasteiger partial charge is 0.386 e. The first-order valence-electron chi connectivity index (χ1n) is 4.12. The Kier molecular flexibility index (Phi) is 1.82. The lowest BCUT2D eigenvalue weighted by Gasteiger charge is -2.20. The van der Waals surface area contributed by atoms with Crippen LogP contribution >= 0.6 is 0 Å². The van der Waals surface area contributed by atoms with E-state index in [1.165, 1.54) is 0 Å². The highest BCUT2D eigenvalue weighted by atomic mass is 16.8. The summed E-state index contributed by atoms with van der Waals surface area (Å²) in [5.41, 5.74) is 0. The number of aliphatic hydroxyl groups is 1. The standard InChI is InChI=1S/C8H11NO4/c1-8(2)12-6-5(10)4(3-9)11-7(6)13-8/h4-7,10H,1-2H3/t4-,5-,6-,7-/m1/s1. The molecule has 2 heterocycles. The first-order valence-corrected chi connectivity index (χ1v) is 4.12. The minimum atomic E-state index is -0.920. The smallest absolute Gasteiger partial charge is 0.191 e. The van der Waals surface area contributed by atoms with Crippen molar-refractivity contribution < 1.29 is 19.3 Å². The van der Waals surface area contributed by atoms with Crippen molar-refractivity contribution in [3.8, 4) is 6.07 Å². The maximum Gasteiger partial charge on any atom is 0.191 e. The molecule has 4 atom stereocenters. The second-order valence-electron chi connectivity index (χ2n) is 3.64. The van der Waals surface area contributed by atoms with Crippen LogP contribution in [0.25, 0.3) is 0 Å². The number of aliphatic hydroxyl groups excluding tert-OH is 1. The molecule has 0 amide bonds. The van der Waals surface area contributed by atoms with Crippen molar-refractivity contribution in [1.82, 2.24) is 0 Å². The number of nitriles is 1. The van der Waals surface area contributed by atoms with Crippen molar-refractivity contribution in [2.24, 2.45) is 0 Å². The molecule has 0 aromatic carbocycles. The molecular weight excluding hydrogens is 174 g/mol. The van der Waals surface area contributed by atoms with Gasteiger partial charge < -0.3 is 19.3 Å². The molecule has 0 aromatic rings. The van der Waals surface area contributed by atoms with Gasteiger partial charge in [-0.05, 0) is 13.8 Å². The van der Waals surface area contributed by atoms with Gasteiger partial charge in [0.15, 0.2) is 18.2 Å². The Bertz CT molecular complexity index is 259. The van der Waals surface area contributed by atoms with Gasteiger partial charge in [-0.15, -0.1) is 0 Å². The lowest BCUT2D eigenvalue weighted by atomic mass is 10.1. The van der Waals surface area contributed by atoms with Gasteiger partial charge in [-0.1, -0.05) is 0 Å². The number of fused-ring (bicyclic) bond motifs is 1. The van der Waals surface area contributed by atoms with E-state index in [0.717, 1.165) is 0 Å². The molecule has 5 heteroatoms. The Balaban J connectivity index is 2.12. The Morgan fingerprint density at radius 1 is 1.38 bits per heavy atom. The zero-order valence-corrected chi connectivity index (χ0v) is 7.43. The number of hydrogen-bond acceptors (Lipinski definition) is 5. The summed E-state index contributed by atoms with van der Waals surface area (Å²) < 4.78 is 15.8. The van der Waals surface area contributed by atoms with E-state index in [1.807, 2.05) is 6.07 Å². The van der Waals surface area contributed by atoms with Gasteiger partial charge in [-0.3, -0.25) is 0 Å². The van der Waals surface area contributed by atoms with Crippen molar-refractivity contribution >= 4 is 0 Å². The van der Waals surface area contributed by atoms with Gasteiger partial charge in [0, 0.05) is 0 Å². The predicted molar refractivity (Wildman–Crippen MR) is 40.3 cm³/mol. The Morgan fingerprint density at radius 3 is 2.62 bits per heavy atom. The molecular formula is C8H11NO4. The number of hydrogen-bond donors (Lipinski definition) is 1. The van der Waals surface area contributed by atoms with E-state index < -0.39 is 30.4 Å². The van der Waals surface area contributed by atoms with Crippen LogP contribution in [0.3, 0.4) is 0 Å². The highest BCUT2D eigenvalue weighted by Crippen LogP contribution is 2.36. The van der Waals surface area contributed by atoms with Gasteiger partial charge in [0.1, 0.15) is 12.2 Å². The zero-order chi connectivity index (χ0) is 9.64. The van der Waals surface area contributed by atoms with E-state index in [1.54, 1.807) is 13.8 Å². The Morgan fingerprint density at radius 2 is 2.08 bits per heavy atom. The van der Waals surface area contributed by atoms with E-state index in [9.17, 15) is 5.11 Å². The average molecular weight is 185 g/mol.